The van der Waals surface area contributed by atoms with Crippen LogP contribution in [0.4, 0.5) is 11.4 Å². The fourth-order valence-electron chi connectivity index (χ4n) is 3.00. The molecule has 2 aromatic rings. The fraction of sp³-hybridized carbons (Fsp3) is 0.263. The average Bonchev–Trinajstić information content (AvgIpc) is 3.10. The topological polar surface area (TPSA) is 78.4 Å². The van der Waals surface area contributed by atoms with Crippen molar-refractivity contribution in [3.05, 3.63) is 59.7 Å². The van der Waals surface area contributed by atoms with Crippen LogP contribution in [0.5, 0.6) is 0 Å². The van der Waals surface area contributed by atoms with Gasteiger partial charge in [0.2, 0.25) is 0 Å². The molecule has 5 nitrogen and oxygen atoms in total. The number of benzene rings is 2. The summed E-state index contributed by atoms with van der Waals surface area (Å²) in [5.74, 6) is -1.37. The summed E-state index contributed by atoms with van der Waals surface area (Å²) in [7, 11) is 0. The number of anilines is 2. The number of para-hydroxylation sites is 2. The van der Waals surface area contributed by atoms with E-state index >= 15 is 0 Å². The first kappa shape index (κ1) is 16.1. The van der Waals surface area contributed by atoms with Gasteiger partial charge in [-0.05, 0) is 43.2 Å². The third-order valence-corrected chi connectivity index (χ3v) is 4.26. The zero-order valence-electron chi connectivity index (χ0n) is 13.3. The highest BCUT2D eigenvalue weighted by Crippen LogP contribution is 2.27. The van der Waals surface area contributed by atoms with Gasteiger partial charge in [0.05, 0.1) is 16.9 Å². The van der Waals surface area contributed by atoms with E-state index in [1.54, 1.807) is 12.1 Å². The van der Waals surface area contributed by atoms with Crippen molar-refractivity contribution in [1.29, 1.82) is 0 Å². The molecule has 0 atom stereocenters. The van der Waals surface area contributed by atoms with Gasteiger partial charge >= 0.3 is 5.97 Å². The van der Waals surface area contributed by atoms with E-state index < -0.39 is 5.97 Å². The standard InChI is InChI=1S/C19H20N2O3/c22-18(13-6-5-7-14(12-13)19(23)24)21-17-11-4-3-10-16(17)20-15-8-1-2-9-15/h3-7,10-12,15,20H,1-2,8-9H2,(H,21,22)(H,23,24). The van der Waals surface area contributed by atoms with Crippen molar-refractivity contribution >= 4 is 23.3 Å². The van der Waals surface area contributed by atoms with Crippen molar-refractivity contribution in [2.24, 2.45) is 0 Å². The molecule has 3 N–H and O–H groups in total. The summed E-state index contributed by atoms with van der Waals surface area (Å²) in [4.78, 5) is 23.5. The lowest BCUT2D eigenvalue weighted by Crippen LogP contribution is -2.18. The zero-order valence-corrected chi connectivity index (χ0v) is 13.3. The maximum Gasteiger partial charge on any atom is 0.335 e. The maximum atomic E-state index is 12.4. The largest absolute Gasteiger partial charge is 0.478 e. The zero-order chi connectivity index (χ0) is 16.9. The van der Waals surface area contributed by atoms with E-state index in [1.165, 1.54) is 25.0 Å². The Morgan fingerprint density at radius 3 is 2.29 bits per heavy atom. The number of carboxylic acid groups (broad SMARTS) is 1. The molecule has 1 fully saturated rings. The van der Waals surface area contributed by atoms with Crippen molar-refractivity contribution in [1.82, 2.24) is 0 Å². The van der Waals surface area contributed by atoms with Crippen molar-refractivity contribution < 1.29 is 14.7 Å². The van der Waals surface area contributed by atoms with Gasteiger partial charge in [-0.1, -0.05) is 31.0 Å². The first-order valence-corrected chi connectivity index (χ1v) is 8.14. The summed E-state index contributed by atoms with van der Waals surface area (Å²) < 4.78 is 0. The number of carbonyl (C=O) groups excluding carboxylic acids is 1. The number of amides is 1. The second-order valence-electron chi connectivity index (χ2n) is 6.01. The number of hydrogen-bond acceptors (Lipinski definition) is 3. The van der Waals surface area contributed by atoms with Crippen LogP contribution in [-0.2, 0) is 0 Å². The quantitative estimate of drug-likeness (QED) is 0.777. The Morgan fingerprint density at radius 2 is 1.58 bits per heavy atom. The fourth-order valence-corrected chi connectivity index (χ4v) is 3.00. The first-order valence-electron chi connectivity index (χ1n) is 8.14. The van der Waals surface area contributed by atoms with Gasteiger partial charge < -0.3 is 15.7 Å². The lowest BCUT2D eigenvalue weighted by molar-refractivity contribution is 0.0697. The number of carboxylic acids is 1. The molecule has 2 aromatic carbocycles. The Hall–Kier alpha value is -2.82. The van der Waals surface area contributed by atoms with E-state index in [0.717, 1.165) is 18.5 Å². The Labute approximate surface area is 140 Å². The smallest absolute Gasteiger partial charge is 0.335 e. The van der Waals surface area contributed by atoms with Crippen molar-refractivity contribution in [2.75, 3.05) is 10.6 Å². The molecule has 0 heterocycles. The van der Waals surface area contributed by atoms with Crippen molar-refractivity contribution in [2.45, 2.75) is 31.7 Å². The molecule has 24 heavy (non-hydrogen) atoms. The molecule has 1 aliphatic rings. The molecule has 0 radical (unpaired) electrons. The minimum atomic E-state index is -1.05. The molecule has 124 valence electrons. The summed E-state index contributed by atoms with van der Waals surface area (Å²) >= 11 is 0. The summed E-state index contributed by atoms with van der Waals surface area (Å²) in [6.07, 6.45) is 4.74. The predicted octanol–water partition coefficient (Wildman–Crippen LogP) is 3.99. The third kappa shape index (κ3) is 3.74. The molecule has 0 saturated heterocycles. The van der Waals surface area contributed by atoms with Crippen LogP contribution in [0.2, 0.25) is 0 Å². The van der Waals surface area contributed by atoms with Crippen LogP contribution in [0.1, 0.15) is 46.4 Å². The molecule has 0 bridgehead atoms. The van der Waals surface area contributed by atoms with Crippen LogP contribution < -0.4 is 10.6 Å². The Kier molecular flexibility index (Phi) is 4.79. The van der Waals surface area contributed by atoms with Crippen LogP contribution in [0.15, 0.2) is 48.5 Å². The van der Waals surface area contributed by atoms with Crippen molar-refractivity contribution in [3.8, 4) is 0 Å². The van der Waals surface area contributed by atoms with E-state index in [4.69, 9.17) is 5.11 Å². The van der Waals surface area contributed by atoms with Crippen LogP contribution in [0.25, 0.3) is 0 Å². The van der Waals surface area contributed by atoms with Gasteiger partial charge in [-0.25, -0.2) is 4.79 Å². The van der Waals surface area contributed by atoms with E-state index in [2.05, 4.69) is 10.6 Å². The van der Waals surface area contributed by atoms with Gasteiger partial charge in [0.1, 0.15) is 0 Å². The van der Waals surface area contributed by atoms with Crippen LogP contribution in [-0.4, -0.2) is 23.0 Å². The van der Waals surface area contributed by atoms with Gasteiger partial charge in [0.25, 0.3) is 5.91 Å². The van der Waals surface area contributed by atoms with Crippen molar-refractivity contribution in [3.63, 3.8) is 0 Å². The van der Waals surface area contributed by atoms with Gasteiger partial charge in [0, 0.05) is 11.6 Å². The minimum absolute atomic E-state index is 0.0972. The number of hydrogen-bond donors (Lipinski definition) is 3. The highest BCUT2D eigenvalue weighted by atomic mass is 16.4. The lowest BCUT2D eigenvalue weighted by atomic mass is 10.1. The van der Waals surface area contributed by atoms with E-state index in [0.29, 0.717) is 17.3 Å². The highest BCUT2D eigenvalue weighted by molar-refractivity contribution is 6.07. The van der Waals surface area contributed by atoms with Gasteiger partial charge in [-0.3, -0.25) is 4.79 Å². The molecule has 1 amide bonds. The molecule has 0 aromatic heterocycles. The predicted molar refractivity (Wildman–Crippen MR) is 93.7 cm³/mol. The molecule has 0 aliphatic heterocycles. The van der Waals surface area contributed by atoms with Gasteiger partial charge in [-0.2, -0.15) is 0 Å². The molecule has 3 rings (SSSR count). The molecule has 0 unspecified atom stereocenters. The molecule has 5 heteroatoms. The summed E-state index contributed by atoms with van der Waals surface area (Å²) in [6, 6.07) is 14.0. The second-order valence-corrected chi connectivity index (χ2v) is 6.01. The van der Waals surface area contributed by atoms with E-state index in [-0.39, 0.29) is 11.5 Å². The molecular formula is C19H20N2O3. The highest BCUT2D eigenvalue weighted by Gasteiger charge is 2.17. The SMILES string of the molecule is O=C(O)c1cccc(C(=O)Nc2ccccc2NC2CCCC2)c1. The summed E-state index contributed by atoms with van der Waals surface area (Å²) in [5, 5.41) is 15.4. The Morgan fingerprint density at radius 1 is 0.917 bits per heavy atom. The van der Waals surface area contributed by atoms with Crippen LogP contribution in [0.3, 0.4) is 0 Å². The van der Waals surface area contributed by atoms with Gasteiger partial charge in [-0.15, -0.1) is 0 Å². The van der Waals surface area contributed by atoms with E-state index in [1.807, 2.05) is 24.3 Å². The third-order valence-electron chi connectivity index (χ3n) is 4.26. The Bertz CT molecular complexity index is 752. The maximum absolute atomic E-state index is 12.4. The van der Waals surface area contributed by atoms with Crippen LogP contribution in [0, 0.1) is 0 Å². The number of rotatable bonds is 5. The molecule has 0 spiro atoms. The normalized spacial score (nSPS) is 14.3. The van der Waals surface area contributed by atoms with E-state index in [9.17, 15) is 9.59 Å². The minimum Gasteiger partial charge on any atom is -0.478 e. The summed E-state index contributed by atoms with van der Waals surface area (Å²) in [5.41, 5.74) is 2.02. The molecular weight excluding hydrogens is 304 g/mol. The number of aromatic carboxylic acids is 1. The summed E-state index contributed by atoms with van der Waals surface area (Å²) in [6.45, 7) is 0. The second kappa shape index (κ2) is 7.17. The molecule has 1 saturated carbocycles. The Balaban J connectivity index is 1.76. The lowest BCUT2D eigenvalue weighted by Gasteiger charge is -2.17. The monoisotopic (exact) mass is 324 g/mol. The molecule has 1 aliphatic carbocycles. The number of carbonyl (C=O) groups is 2. The first-order chi connectivity index (χ1) is 11.6. The number of nitrogens with one attached hydrogen (secondary N) is 2. The van der Waals surface area contributed by atoms with Gasteiger partial charge in [0.15, 0.2) is 0 Å². The van der Waals surface area contributed by atoms with Crippen LogP contribution >= 0.6 is 0 Å². The average molecular weight is 324 g/mol.